The first-order valence-corrected chi connectivity index (χ1v) is 7.17. The van der Waals surface area contributed by atoms with E-state index in [2.05, 4.69) is 15.4 Å². The van der Waals surface area contributed by atoms with Gasteiger partial charge in [0.05, 0.1) is 0 Å². The molecule has 1 aliphatic rings. The fourth-order valence-corrected chi connectivity index (χ4v) is 2.69. The number of amides is 1. The summed E-state index contributed by atoms with van der Waals surface area (Å²) in [5.41, 5.74) is 7.69. The van der Waals surface area contributed by atoms with Crippen LogP contribution in [0.25, 0.3) is 5.65 Å². The number of hydrogen-bond donors (Lipinski definition) is 3. The highest BCUT2D eigenvalue weighted by molar-refractivity contribution is 5.93. The van der Waals surface area contributed by atoms with Gasteiger partial charge in [0, 0.05) is 37.2 Å². The van der Waals surface area contributed by atoms with Gasteiger partial charge >= 0.3 is 0 Å². The molecule has 22 heavy (non-hydrogen) atoms. The lowest BCUT2D eigenvalue weighted by Gasteiger charge is -2.10. The number of nitrogens with two attached hydrogens (primary N) is 1. The lowest BCUT2D eigenvalue weighted by molar-refractivity contribution is 0.0932. The standard InChI is InChI=1S/C14H19N5O2.ClH/c15-10-1-2-11(5-10)17-14(21)12-6-13-16-7-9(3-4-20)8-19(13)18-12;/h6-8,10-11,20H,1-5,15H2,(H,17,21);1H/t10-,11-;/m1./s1. The molecule has 0 radical (unpaired) electrons. The Morgan fingerprint density at radius 2 is 2.32 bits per heavy atom. The molecule has 0 aliphatic heterocycles. The van der Waals surface area contributed by atoms with Gasteiger partial charge in [0.25, 0.3) is 5.91 Å². The fraction of sp³-hybridized carbons (Fsp3) is 0.500. The van der Waals surface area contributed by atoms with E-state index in [0.717, 1.165) is 24.8 Å². The summed E-state index contributed by atoms with van der Waals surface area (Å²) < 4.78 is 1.57. The van der Waals surface area contributed by atoms with E-state index in [4.69, 9.17) is 10.8 Å². The lowest BCUT2D eigenvalue weighted by atomic mass is 10.2. The van der Waals surface area contributed by atoms with Crippen molar-refractivity contribution < 1.29 is 9.90 Å². The average Bonchev–Trinajstić information content (AvgIpc) is 3.05. The molecule has 0 aromatic carbocycles. The Hall–Kier alpha value is -1.70. The lowest BCUT2D eigenvalue weighted by Crippen LogP contribution is -2.34. The molecule has 2 aromatic heterocycles. The highest BCUT2D eigenvalue weighted by Gasteiger charge is 2.24. The Morgan fingerprint density at radius 3 is 3.00 bits per heavy atom. The number of fused-ring (bicyclic) bond motifs is 1. The molecule has 0 saturated heterocycles. The fourth-order valence-electron chi connectivity index (χ4n) is 2.69. The van der Waals surface area contributed by atoms with Gasteiger partial charge < -0.3 is 16.2 Å². The zero-order valence-corrected chi connectivity index (χ0v) is 12.9. The highest BCUT2D eigenvalue weighted by atomic mass is 35.5. The van der Waals surface area contributed by atoms with E-state index >= 15 is 0 Å². The molecule has 1 saturated carbocycles. The molecule has 0 unspecified atom stereocenters. The van der Waals surface area contributed by atoms with E-state index in [-0.39, 0.29) is 37.0 Å². The van der Waals surface area contributed by atoms with Crippen molar-refractivity contribution in [3.8, 4) is 0 Å². The van der Waals surface area contributed by atoms with E-state index in [1.807, 2.05) is 0 Å². The van der Waals surface area contributed by atoms with Gasteiger partial charge in [0.15, 0.2) is 11.3 Å². The molecule has 8 heteroatoms. The van der Waals surface area contributed by atoms with Crippen LogP contribution in [0.15, 0.2) is 18.5 Å². The van der Waals surface area contributed by atoms with Crippen LogP contribution >= 0.6 is 12.4 Å². The Bertz CT molecular complexity index is 660. The molecular weight excluding hydrogens is 306 g/mol. The van der Waals surface area contributed by atoms with Crippen LogP contribution in [0.4, 0.5) is 0 Å². The van der Waals surface area contributed by atoms with Crippen LogP contribution in [-0.4, -0.2) is 44.3 Å². The van der Waals surface area contributed by atoms with Gasteiger partial charge in [-0.2, -0.15) is 5.10 Å². The van der Waals surface area contributed by atoms with Gasteiger partial charge in [-0.25, -0.2) is 9.50 Å². The summed E-state index contributed by atoms with van der Waals surface area (Å²) in [4.78, 5) is 16.4. The normalized spacial score (nSPS) is 20.8. The highest BCUT2D eigenvalue weighted by Crippen LogP contribution is 2.17. The minimum absolute atomic E-state index is 0. The molecule has 120 valence electrons. The number of carbonyl (C=O) groups excluding carboxylic acids is 1. The third-order valence-corrected chi connectivity index (χ3v) is 3.81. The Balaban J connectivity index is 0.00000176. The van der Waals surface area contributed by atoms with Crippen molar-refractivity contribution in [3.63, 3.8) is 0 Å². The Labute approximate surface area is 134 Å². The second-order valence-corrected chi connectivity index (χ2v) is 5.51. The Morgan fingerprint density at radius 1 is 1.50 bits per heavy atom. The summed E-state index contributed by atoms with van der Waals surface area (Å²) in [5.74, 6) is -0.191. The number of halogens is 1. The molecular formula is C14H20ClN5O2. The predicted molar refractivity (Wildman–Crippen MR) is 84.1 cm³/mol. The third kappa shape index (κ3) is 3.55. The molecule has 0 bridgehead atoms. The summed E-state index contributed by atoms with van der Waals surface area (Å²) >= 11 is 0. The zero-order valence-electron chi connectivity index (χ0n) is 12.1. The molecule has 4 N–H and O–H groups in total. The van der Waals surface area contributed by atoms with E-state index in [0.29, 0.717) is 17.8 Å². The summed E-state index contributed by atoms with van der Waals surface area (Å²) in [7, 11) is 0. The van der Waals surface area contributed by atoms with Crippen LogP contribution < -0.4 is 11.1 Å². The van der Waals surface area contributed by atoms with Crippen molar-refractivity contribution in [2.45, 2.75) is 37.8 Å². The van der Waals surface area contributed by atoms with Crippen LogP contribution in [0.1, 0.15) is 35.3 Å². The van der Waals surface area contributed by atoms with Crippen molar-refractivity contribution in [1.29, 1.82) is 0 Å². The maximum atomic E-state index is 12.2. The molecule has 2 heterocycles. The topological polar surface area (TPSA) is 106 Å². The van der Waals surface area contributed by atoms with E-state index in [1.54, 1.807) is 23.0 Å². The quantitative estimate of drug-likeness (QED) is 0.749. The summed E-state index contributed by atoms with van der Waals surface area (Å²) in [6, 6.07) is 1.97. The molecule has 2 aromatic rings. The Kier molecular flexibility index (Phi) is 5.33. The third-order valence-electron chi connectivity index (χ3n) is 3.81. The second kappa shape index (κ2) is 7.04. The summed E-state index contributed by atoms with van der Waals surface area (Å²) in [5, 5.41) is 16.1. The monoisotopic (exact) mass is 325 g/mol. The minimum Gasteiger partial charge on any atom is -0.396 e. The maximum absolute atomic E-state index is 12.2. The van der Waals surface area contributed by atoms with Crippen LogP contribution in [0, 0.1) is 0 Å². The molecule has 0 spiro atoms. The van der Waals surface area contributed by atoms with Crippen molar-refractivity contribution in [2.24, 2.45) is 5.73 Å². The summed E-state index contributed by atoms with van der Waals surface area (Å²) in [6.45, 7) is 0.0593. The number of aliphatic hydroxyl groups is 1. The van der Waals surface area contributed by atoms with Gasteiger partial charge in [0.2, 0.25) is 0 Å². The van der Waals surface area contributed by atoms with Gasteiger partial charge in [-0.1, -0.05) is 0 Å². The first-order chi connectivity index (χ1) is 10.2. The average molecular weight is 326 g/mol. The maximum Gasteiger partial charge on any atom is 0.272 e. The number of aromatic nitrogens is 3. The van der Waals surface area contributed by atoms with Crippen LogP contribution in [0.5, 0.6) is 0 Å². The van der Waals surface area contributed by atoms with E-state index in [9.17, 15) is 4.79 Å². The largest absolute Gasteiger partial charge is 0.396 e. The molecule has 1 fully saturated rings. The summed E-state index contributed by atoms with van der Waals surface area (Å²) in [6.07, 6.45) is 6.66. The van der Waals surface area contributed by atoms with Gasteiger partial charge in [-0.3, -0.25) is 4.79 Å². The van der Waals surface area contributed by atoms with Crippen molar-refractivity contribution in [3.05, 3.63) is 29.7 Å². The molecule has 7 nitrogen and oxygen atoms in total. The van der Waals surface area contributed by atoms with Crippen molar-refractivity contribution in [2.75, 3.05) is 6.61 Å². The van der Waals surface area contributed by atoms with Crippen molar-refractivity contribution in [1.82, 2.24) is 19.9 Å². The number of aliphatic hydroxyl groups excluding tert-OH is 1. The first kappa shape index (κ1) is 16.7. The van der Waals surface area contributed by atoms with E-state index in [1.165, 1.54) is 0 Å². The van der Waals surface area contributed by atoms with Gasteiger partial charge in [0.1, 0.15) is 0 Å². The molecule has 2 atom stereocenters. The SMILES string of the molecule is Cl.N[C@@H]1CC[C@@H](NC(=O)c2cc3ncc(CCO)cn3n2)C1. The molecule has 1 amide bonds. The van der Waals surface area contributed by atoms with Crippen LogP contribution in [0.2, 0.25) is 0 Å². The number of hydrogen-bond acceptors (Lipinski definition) is 5. The molecule has 1 aliphatic carbocycles. The van der Waals surface area contributed by atoms with Crippen molar-refractivity contribution >= 4 is 24.0 Å². The van der Waals surface area contributed by atoms with Gasteiger partial charge in [-0.05, 0) is 31.2 Å². The van der Waals surface area contributed by atoms with Crippen LogP contribution in [-0.2, 0) is 6.42 Å². The second-order valence-electron chi connectivity index (χ2n) is 5.51. The zero-order chi connectivity index (χ0) is 14.8. The van der Waals surface area contributed by atoms with Gasteiger partial charge in [-0.15, -0.1) is 12.4 Å². The number of rotatable bonds is 4. The van der Waals surface area contributed by atoms with Crippen LogP contribution in [0.3, 0.4) is 0 Å². The molecule has 3 rings (SSSR count). The predicted octanol–water partition coefficient (Wildman–Crippen LogP) is 0.295. The number of nitrogens with zero attached hydrogens (tertiary/aromatic N) is 3. The first-order valence-electron chi connectivity index (χ1n) is 7.17. The smallest absolute Gasteiger partial charge is 0.272 e. The number of nitrogens with one attached hydrogen (secondary N) is 1. The number of carbonyl (C=O) groups is 1. The minimum atomic E-state index is -0.191. The van der Waals surface area contributed by atoms with E-state index < -0.39 is 0 Å².